The number of ketones is 1. The van der Waals surface area contributed by atoms with Crippen LogP contribution in [-0.2, 0) is 4.79 Å². The van der Waals surface area contributed by atoms with E-state index in [1.807, 2.05) is 0 Å². The molecule has 154 valence electrons. The predicted octanol–water partition coefficient (Wildman–Crippen LogP) is 6.01. The van der Waals surface area contributed by atoms with Crippen molar-refractivity contribution in [3.05, 3.63) is 0 Å². The lowest BCUT2D eigenvalue weighted by Crippen LogP contribution is -2.56. The van der Waals surface area contributed by atoms with E-state index in [0.717, 1.165) is 42.9 Å². The Morgan fingerprint density at radius 3 is 2.37 bits per heavy atom. The molecule has 9 atom stereocenters. The van der Waals surface area contributed by atoms with Crippen molar-refractivity contribution in [2.24, 2.45) is 46.3 Å². The van der Waals surface area contributed by atoms with Crippen LogP contribution < -0.4 is 0 Å². The molecule has 0 aliphatic heterocycles. The smallest absolute Gasteiger partial charge is 0.132 e. The van der Waals surface area contributed by atoms with Crippen molar-refractivity contribution in [2.75, 3.05) is 0 Å². The number of carbonyl (C=O) groups is 1. The maximum atomic E-state index is 12.1. The van der Waals surface area contributed by atoms with Crippen LogP contribution in [0.4, 0.5) is 0 Å². The highest BCUT2D eigenvalue weighted by atomic mass is 16.3. The third-order valence-corrected chi connectivity index (χ3v) is 10.8. The monoisotopic (exact) mass is 374 g/mol. The van der Waals surface area contributed by atoms with Gasteiger partial charge in [0.05, 0.1) is 5.60 Å². The molecule has 1 N–H and O–H groups in total. The van der Waals surface area contributed by atoms with Gasteiger partial charge in [0.1, 0.15) is 5.78 Å². The summed E-state index contributed by atoms with van der Waals surface area (Å²) in [4.78, 5) is 12.1. The zero-order chi connectivity index (χ0) is 19.6. The van der Waals surface area contributed by atoms with Crippen LogP contribution in [0, 0.1) is 46.3 Å². The van der Waals surface area contributed by atoms with Crippen molar-refractivity contribution in [2.45, 2.75) is 104 Å². The number of rotatable bonds is 3. The standard InChI is InChI=1S/C25H42O2/c1-6-25(27)14-13-23(4)18(15-25)7-8-19-21-10-9-20(16(2)17(3)26)24(21,5)12-11-22(19)23/h16,18-22,27H,6-15H2,1-5H3/t16-,18+,19+,20-,21+,22+,23+,24-,25+/m1/s1. The first kappa shape index (κ1) is 19.9. The molecular weight excluding hydrogens is 332 g/mol. The summed E-state index contributed by atoms with van der Waals surface area (Å²) in [5.41, 5.74) is 0.430. The van der Waals surface area contributed by atoms with E-state index in [4.69, 9.17) is 0 Å². The van der Waals surface area contributed by atoms with Crippen molar-refractivity contribution in [1.82, 2.24) is 0 Å². The Morgan fingerprint density at radius 1 is 1.00 bits per heavy atom. The number of aliphatic hydroxyl groups is 1. The van der Waals surface area contributed by atoms with Gasteiger partial charge in [-0.15, -0.1) is 0 Å². The van der Waals surface area contributed by atoms with Crippen LogP contribution in [0.5, 0.6) is 0 Å². The van der Waals surface area contributed by atoms with Crippen molar-refractivity contribution in [3.63, 3.8) is 0 Å². The third-order valence-electron chi connectivity index (χ3n) is 10.8. The summed E-state index contributed by atoms with van der Waals surface area (Å²) in [5, 5.41) is 10.9. The summed E-state index contributed by atoms with van der Waals surface area (Å²) in [6, 6.07) is 0. The molecule has 0 heterocycles. The second kappa shape index (κ2) is 6.57. The maximum absolute atomic E-state index is 12.1. The lowest BCUT2D eigenvalue weighted by molar-refractivity contribution is -0.153. The highest BCUT2D eigenvalue weighted by molar-refractivity contribution is 5.78. The van der Waals surface area contributed by atoms with Gasteiger partial charge in [0.15, 0.2) is 0 Å². The quantitative estimate of drug-likeness (QED) is 0.656. The van der Waals surface area contributed by atoms with E-state index in [1.54, 1.807) is 6.92 Å². The Balaban J connectivity index is 1.57. The largest absolute Gasteiger partial charge is 0.390 e. The molecule has 0 saturated heterocycles. The molecule has 0 aromatic rings. The molecule has 0 aromatic heterocycles. The third kappa shape index (κ3) is 2.87. The van der Waals surface area contributed by atoms with Gasteiger partial charge >= 0.3 is 0 Å². The molecule has 0 unspecified atom stereocenters. The van der Waals surface area contributed by atoms with Crippen LogP contribution in [0.25, 0.3) is 0 Å². The number of hydrogen-bond acceptors (Lipinski definition) is 2. The molecule has 4 aliphatic rings. The molecule has 0 spiro atoms. The average molecular weight is 375 g/mol. The van der Waals surface area contributed by atoms with Gasteiger partial charge < -0.3 is 5.11 Å². The Bertz CT molecular complexity index is 599. The van der Waals surface area contributed by atoms with Crippen molar-refractivity contribution < 1.29 is 9.90 Å². The SMILES string of the molecule is CC[C@]1(O)CC[C@@]2(C)[C@@H](CC[C@@H]3[C@@H]2CC[C@]2(C)[C@@H]([C@H](C)C(C)=O)CC[C@@H]32)C1. The number of carbonyl (C=O) groups excluding carboxylic acids is 1. The van der Waals surface area contributed by atoms with Gasteiger partial charge in [0.2, 0.25) is 0 Å². The summed E-state index contributed by atoms with van der Waals surface area (Å²) in [6.07, 6.45) is 12.2. The molecule has 0 aromatic carbocycles. The lowest BCUT2D eigenvalue weighted by atomic mass is 9.43. The molecule has 2 nitrogen and oxygen atoms in total. The van der Waals surface area contributed by atoms with Crippen LogP contribution in [0.2, 0.25) is 0 Å². The summed E-state index contributed by atoms with van der Waals surface area (Å²) in [5.74, 6) is 4.48. The second-order valence-corrected chi connectivity index (χ2v) is 11.6. The Labute approximate surface area is 166 Å². The topological polar surface area (TPSA) is 37.3 Å². The molecular formula is C25H42O2. The van der Waals surface area contributed by atoms with E-state index in [-0.39, 0.29) is 5.92 Å². The van der Waals surface area contributed by atoms with Crippen molar-refractivity contribution >= 4 is 5.78 Å². The Morgan fingerprint density at radius 2 is 1.70 bits per heavy atom. The fourth-order valence-electron chi connectivity index (χ4n) is 8.79. The summed E-state index contributed by atoms with van der Waals surface area (Å²) >= 11 is 0. The molecule has 0 bridgehead atoms. The van der Waals surface area contributed by atoms with Gasteiger partial charge in [-0.25, -0.2) is 0 Å². The fourth-order valence-corrected chi connectivity index (χ4v) is 8.79. The van der Waals surface area contributed by atoms with Crippen LogP contribution in [0.1, 0.15) is 98.8 Å². The Hall–Kier alpha value is -0.370. The normalized spacial score (nSPS) is 53.2. The van der Waals surface area contributed by atoms with Crippen LogP contribution >= 0.6 is 0 Å². The molecule has 0 amide bonds. The minimum atomic E-state index is -0.393. The first-order valence-corrected chi connectivity index (χ1v) is 11.9. The van der Waals surface area contributed by atoms with Gasteiger partial charge in [0, 0.05) is 5.92 Å². The summed E-state index contributed by atoms with van der Waals surface area (Å²) < 4.78 is 0. The highest BCUT2D eigenvalue weighted by Crippen LogP contribution is 2.68. The Kier molecular flexibility index (Phi) is 4.85. The maximum Gasteiger partial charge on any atom is 0.132 e. The minimum absolute atomic E-state index is 0.234. The van der Waals surface area contributed by atoms with Crippen LogP contribution in [-0.4, -0.2) is 16.5 Å². The highest BCUT2D eigenvalue weighted by Gasteiger charge is 2.61. The molecule has 4 fully saturated rings. The van der Waals surface area contributed by atoms with E-state index in [9.17, 15) is 9.90 Å². The van der Waals surface area contributed by atoms with Gasteiger partial charge in [-0.1, -0.05) is 27.7 Å². The first-order valence-electron chi connectivity index (χ1n) is 11.9. The molecule has 27 heavy (non-hydrogen) atoms. The predicted molar refractivity (Wildman–Crippen MR) is 110 cm³/mol. The van der Waals surface area contributed by atoms with E-state index >= 15 is 0 Å². The molecule has 2 heteroatoms. The zero-order valence-corrected chi connectivity index (χ0v) is 18.4. The second-order valence-electron chi connectivity index (χ2n) is 11.6. The molecule has 4 rings (SSSR count). The minimum Gasteiger partial charge on any atom is -0.390 e. The number of hydrogen-bond donors (Lipinski definition) is 1. The molecule has 4 saturated carbocycles. The average Bonchev–Trinajstić information content (AvgIpc) is 2.99. The zero-order valence-electron chi connectivity index (χ0n) is 18.4. The first-order chi connectivity index (χ1) is 12.6. The van der Waals surface area contributed by atoms with Gasteiger partial charge in [0.25, 0.3) is 0 Å². The van der Waals surface area contributed by atoms with E-state index in [2.05, 4.69) is 27.7 Å². The summed E-state index contributed by atoms with van der Waals surface area (Å²) in [6.45, 7) is 11.3. The van der Waals surface area contributed by atoms with Crippen LogP contribution in [0.15, 0.2) is 0 Å². The van der Waals surface area contributed by atoms with Gasteiger partial charge in [-0.3, -0.25) is 4.79 Å². The van der Waals surface area contributed by atoms with Crippen molar-refractivity contribution in [1.29, 1.82) is 0 Å². The van der Waals surface area contributed by atoms with E-state index in [0.29, 0.717) is 22.5 Å². The fraction of sp³-hybridized carbons (Fsp3) is 0.960. The lowest BCUT2D eigenvalue weighted by Gasteiger charge is -2.62. The molecule has 4 aliphatic carbocycles. The van der Waals surface area contributed by atoms with Gasteiger partial charge in [-0.2, -0.15) is 0 Å². The van der Waals surface area contributed by atoms with Crippen LogP contribution in [0.3, 0.4) is 0 Å². The number of fused-ring (bicyclic) bond motifs is 5. The van der Waals surface area contributed by atoms with E-state index in [1.165, 1.54) is 44.9 Å². The summed E-state index contributed by atoms with van der Waals surface area (Å²) in [7, 11) is 0. The number of Topliss-reactive ketones (excluding diaryl/α,β-unsaturated/α-hetero) is 1. The van der Waals surface area contributed by atoms with Crippen molar-refractivity contribution in [3.8, 4) is 0 Å². The van der Waals surface area contributed by atoms with Gasteiger partial charge in [-0.05, 0) is 112 Å². The molecule has 0 radical (unpaired) electrons. The van der Waals surface area contributed by atoms with E-state index < -0.39 is 5.60 Å².